The highest BCUT2D eigenvalue weighted by molar-refractivity contribution is 5.92. The van der Waals surface area contributed by atoms with Crippen LogP contribution in [-0.4, -0.2) is 19.5 Å². The molecular formula is C18H23ClN2O. The molecule has 0 bridgehead atoms. The van der Waals surface area contributed by atoms with Crippen LogP contribution in [0.3, 0.4) is 0 Å². The fraction of sp³-hybridized carbons (Fsp3) is 0.278. The second-order valence-corrected chi connectivity index (χ2v) is 5.12. The second kappa shape index (κ2) is 9.98. The molecule has 0 atom stereocenters. The summed E-state index contributed by atoms with van der Waals surface area (Å²) >= 11 is 0. The second-order valence-electron chi connectivity index (χ2n) is 5.12. The highest BCUT2D eigenvalue weighted by Gasteiger charge is 2.01. The van der Waals surface area contributed by atoms with Crippen molar-refractivity contribution in [2.75, 3.05) is 18.9 Å². The predicted molar refractivity (Wildman–Crippen MR) is 94.7 cm³/mol. The number of carbonyl (C=O) groups is 1. The molecule has 0 saturated heterocycles. The van der Waals surface area contributed by atoms with Gasteiger partial charge in [-0.2, -0.15) is 0 Å². The Morgan fingerprint density at radius 2 is 1.64 bits per heavy atom. The molecule has 0 aliphatic rings. The first-order chi connectivity index (χ1) is 10.3. The van der Waals surface area contributed by atoms with E-state index in [1.165, 1.54) is 11.1 Å². The van der Waals surface area contributed by atoms with Crippen LogP contribution in [-0.2, 0) is 17.6 Å². The minimum atomic E-state index is -0.0149. The Morgan fingerprint density at radius 1 is 0.955 bits per heavy atom. The lowest BCUT2D eigenvalue weighted by Crippen LogP contribution is -2.25. The molecule has 22 heavy (non-hydrogen) atoms. The molecule has 0 spiro atoms. The van der Waals surface area contributed by atoms with Crippen LogP contribution in [0, 0.1) is 0 Å². The van der Waals surface area contributed by atoms with Crippen molar-refractivity contribution in [2.45, 2.75) is 19.3 Å². The predicted octanol–water partition coefficient (Wildman–Crippen LogP) is 3.44. The van der Waals surface area contributed by atoms with Crippen LogP contribution in [0.4, 0.5) is 5.69 Å². The molecular weight excluding hydrogens is 296 g/mol. The summed E-state index contributed by atoms with van der Waals surface area (Å²) in [5.41, 5.74) is 3.50. The van der Waals surface area contributed by atoms with Crippen LogP contribution in [0.2, 0.25) is 0 Å². The molecule has 0 saturated carbocycles. The number of anilines is 1. The number of aryl methyl sites for hydroxylation is 2. The van der Waals surface area contributed by atoms with Crippen LogP contribution >= 0.6 is 12.4 Å². The number of amides is 1. The highest BCUT2D eigenvalue weighted by Crippen LogP contribution is 2.13. The van der Waals surface area contributed by atoms with Gasteiger partial charge in [-0.1, -0.05) is 42.5 Å². The molecule has 0 radical (unpaired) electrons. The Bertz CT molecular complexity index is 572. The van der Waals surface area contributed by atoms with Crippen molar-refractivity contribution in [1.29, 1.82) is 0 Å². The number of hydrogen-bond donors (Lipinski definition) is 2. The maximum atomic E-state index is 11.5. The van der Waals surface area contributed by atoms with Crippen molar-refractivity contribution in [2.24, 2.45) is 0 Å². The van der Waals surface area contributed by atoms with Gasteiger partial charge < -0.3 is 10.6 Å². The van der Waals surface area contributed by atoms with E-state index in [1.54, 1.807) is 7.05 Å². The third kappa shape index (κ3) is 6.29. The van der Waals surface area contributed by atoms with Gasteiger partial charge in [0.2, 0.25) is 5.91 Å². The van der Waals surface area contributed by atoms with Crippen molar-refractivity contribution in [1.82, 2.24) is 5.32 Å². The molecule has 4 heteroatoms. The molecule has 0 unspecified atom stereocenters. The van der Waals surface area contributed by atoms with E-state index in [0.29, 0.717) is 6.54 Å². The van der Waals surface area contributed by atoms with E-state index in [1.807, 2.05) is 18.2 Å². The van der Waals surface area contributed by atoms with Gasteiger partial charge in [0.05, 0.1) is 6.54 Å². The SMILES string of the molecule is CNCC(=O)Nc1cccc(CCCc2ccccc2)c1.Cl. The van der Waals surface area contributed by atoms with E-state index in [9.17, 15) is 4.79 Å². The van der Waals surface area contributed by atoms with Crippen molar-refractivity contribution in [3.63, 3.8) is 0 Å². The van der Waals surface area contributed by atoms with E-state index in [4.69, 9.17) is 0 Å². The zero-order chi connectivity index (χ0) is 14.9. The Balaban J connectivity index is 0.00000242. The summed E-state index contributed by atoms with van der Waals surface area (Å²) in [7, 11) is 1.76. The monoisotopic (exact) mass is 318 g/mol. The third-order valence-corrected chi connectivity index (χ3v) is 3.32. The topological polar surface area (TPSA) is 41.1 Å². The van der Waals surface area contributed by atoms with Crippen LogP contribution in [0.1, 0.15) is 17.5 Å². The number of benzene rings is 2. The minimum absolute atomic E-state index is 0. The van der Waals surface area contributed by atoms with Gasteiger partial charge in [-0.05, 0) is 49.6 Å². The van der Waals surface area contributed by atoms with Crippen LogP contribution in [0.5, 0.6) is 0 Å². The molecule has 2 N–H and O–H groups in total. The van der Waals surface area contributed by atoms with E-state index in [-0.39, 0.29) is 18.3 Å². The molecule has 0 aliphatic carbocycles. The Kier molecular flexibility index (Phi) is 8.26. The minimum Gasteiger partial charge on any atom is -0.325 e. The average molecular weight is 319 g/mol. The Labute approximate surface area is 138 Å². The maximum Gasteiger partial charge on any atom is 0.238 e. The van der Waals surface area contributed by atoms with Gasteiger partial charge in [0.15, 0.2) is 0 Å². The van der Waals surface area contributed by atoms with E-state index < -0.39 is 0 Å². The van der Waals surface area contributed by atoms with Gasteiger partial charge in [0.25, 0.3) is 0 Å². The Morgan fingerprint density at radius 3 is 2.36 bits per heavy atom. The zero-order valence-electron chi connectivity index (χ0n) is 12.8. The summed E-state index contributed by atoms with van der Waals surface area (Å²) in [6, 6.07) is 18.6. The summed E-state index contributed by atoms with van der Waals surface area (Å²) < 4.78 is 0. The first kappa shape index (κ1) is 18.2. The fourth-order valence-electron chi connectivity index (χ4n) is 2.31. The smallest absolute Gasteiger partial charge is 0.238 e. The van der Waals surface area contributed by atoms with Gasteiger partial charge in [-0.15, -0.1) is 12.4 Å². The number of carbonyl (C=O) groups excluding carboxylic acids is 1. The molecule has 2 aromatic rings. The van der Waals surface area contributed by atoms with Crippen LogP contribution in [0.25, 0.3) is 0 Å². The van der Waals surface area contributed by atoms with E-state index >= 15 is 0 Å². The van der Waals surface area contributed by atoms with Gasteiger partial charge in [-0.3, -0.25) is 4.79 Å². The summed E-state index contributed by atoms with van der Waals surface area (Å²) in [6.07, 6.45) is 3.21. The van der Waals surface area contributed by atoms with Crippen molar-refractivity contribution >= 4 is 24.0 Å². The maximum absolute atomic E-state index is 11.5. The average Bonchev–Trinajstić information content (AvgIpc) is 2.49. The molecule has 0 fully saturated rings. The first-order valence-corrected chi connectivity index (χ1v) is 7.35. The summed E-state index contributed by atoms with van der Waals surface area (Å²) in [5.74, 6) is -0.0149. The molecule has 0 aliphatic heterocycles. The number of hydrogen-bond acceptors (Lipinski definition) is 2. The van der Waals surface area contributed by atoms with E-state index in [0.717, 1.165) is 24.9 Å². The van der Waals surface area contributed by atoms with Crippen LogP contribution in [0.15, 0.2) is 54.6 Å². The van der Waals surface area contributed by atoms with Gasteiger partial charge in [-0.25, -0.2) is 0 Å². The first-order valence-electron chi connectivity index (χ1n) is 7.35. The molecule has 1 amide bonds. The van der Waals surface area contributed by atoms with E-state index in [2.05, 4.69) is 47.0 Å². The molecule has 2 rings (SSSR count). The standard InChI is InChI=1S/C18H22N2O.ClH/c1-19-14-18(21)20-17-12-6-11-16(13-17)10-5-9-15-7-3-2-4-8-15;/h2-4,6-8,11-13,19H,5,9-10,14H2,1H3,(H,20,21);1H. The van der Waals surface area contributed by atoms with Crippen molar-refractivity contribution < 1.29 is 4.79 Å². The zero-order valence-corrected chi connectivity index (χ0v) is 13.7. The molecule has 0 heterocycles. The quantitative estimate of drug-likeness (QED) is 0.821. The van der Waals surface area contributed by atoms with Gasteiger partial charge >= 0.3 is 0 Å². The summed E-state index contributed by atoms with van der Waals surface area (Å²) in [6.45, 7) is 0.332. The molecule has 118 valence electrons. The fourth-order valence-corrected chi connectivity index (χ4v) is 2.31. The van der Waals surface area contributed by atoms with Crippen molar-refractivity contribution in [3.8, 4) is 0 Å². The van der Waals surface area contributed by atoms with Crippen molar-refractivity contribution in [3.05, 3.63) is 65.7 Å². The lowest BCUT2D eigenvalue weighted by molar-refractivity contribution is -0.115. The van der Waals surface area contributed by atoms with Crippen LogP contribution < -0.4 is 10.6 Å². The summed E-state index contributed by atoms with van der Waals surface area (Å²) in [5, 5.41) is 5.73. The largest absolute Gasteiger partial charge is 0.325 e. The third-order valence-electron chi connectivity index (χ3n) is 3.32. The normalized spacial score (nSPS) is 9.86. The number of nitrogens with one attached hydrogen (secondary N) is 2. The lowest BCUT2D eigenvalue weighted by atomic mass is 10.0. The Hall–Kier alpha value is -1.84. The molecule has 0 aromatic heterocycles. The highest BCUT2D eigenvalue weighted by atomic mass is 35.5. The molecule has 3 nitrogen and oxygen atoms in total. The lowest BCUT2D eigenvalue weighted by Gasteiger charge is -2.07. The summed E-state index contributed by atoms with van der Waals surface area (Å²) in [4.78, 5) is 11.5. The molecule has 2 aromatic carbocycles. The number of rotatable bonds is 7. The van der Waals surface area contributed by atoms with Gasteiger partial charge in [0, 0.05) is 5.69 Å². The number of halogens is 1. The number of likely N-dealkylation sites (N-methyl/N-ethyl adjacent to an activating group) is 1. The van der Waals surface area contributed by atoms with Gasteiger partial charge in [0.1, 0.15) is 0 Å².